The average Bonchev–Trinajstić information content (AvgIpc) is 3.13. The van der Waals surface area contributed by atoms with Crippen LogP contribution >= 0.6 is 0 Å². The Kier molecular flexibility index (Phi) is 4.37. The summed E-state index contributed by atoms with van der Waals surface area (Å²) in [6.45, 7) is 2.76. The molecule has 6 heteroatoms. The van der Waals surface area contributed by atoms with Gasteiger partial charge in [0.2, 0.25) is 5.91 Å². The summed E-state index contributed by atoms with van der Waals surface area (Å²) in [6, 6.07) is 7.85. The first-order valence-corrected chi connectivity index (χ1v) is 7.60. The summed E-state index contributed by atoms with van der Waals surface area (Å²) in [4.78, 5) is 16.0. The van der Waals surface area contributed by atoms with Crippen molar-refractivity contribution in [1.29, 1.82) is 0 Å². The van der Waals surface area contributed by atoms with Gasteiger partial charge in [0.05, 0.1) is 6.42 Å². The number of hydrogen-bond donors (Lipinski definition) is 1. The van der Waals surface area contributed by atoms with Gasteiger partial charge in [-0.05, 0) is 18.1 Å². The Morgan fingerprint density at radius 2 is 2.27 bits per heavy atom. The first-order chi connectivity index (χ1) is 10.8. The van der Waals surface area contributed by atoms with Crippen molar-refractivity contribution >= 4 is 5.91 Å². The molecule has 0 aliphatic carbocycles. The molecule has 0 radical (unpaired) electrons. The Bertz CT molecular complexity index is 629. The molecule has 0 fully saturated rings. The standard InChI is InChI=1S/C16H19N3O3/c1-2-3-8-17-15(20)10-14-18-16(22-19-14)13-9-11-6-4-5-7-12(11)21-13/h4-7,13H,2-3,8-10H2,1H3,(H,17,20). The maximum atomic E-state index is 11.7. The van der Waals surface area contributed by atoms with E-state index >= 15 is 0 Å². The van der Waals surface area contributed by atoms with E-state index in [1.165, 1.54) is 0 Å². The molecule has 1 aromatic heterocycles. The van der Waals surface area contributed by atoms with Gasteiger partial charge >= 0.3 is 0 Å². The normalized spacial score (nSPS) is 16.1. The lowest BCUT2D eigenvalue weighted by atomic mass is 10.1. The molecule has 1 amide bonds. The van der Waals surface area contributed by atoms with Crippen LogP contribution in [0.25, 0.3) is 0 Å². The van der Waals surface area contributed by atoms with Crippen LogP contribution in [0, 0.1) is 0 Å². The Labute approximate surface area is 128 Å². The highest BCUT2D eigenvalue weighted by atomic mass is 16.5. The first kappa shape index (κ1) is 14.6. The molecule has 1 atom stereocenters. The van der Waals surface area contributed by atoms with Gasteiger partial charge in [-0.1, -0.05) is 36.7 Å². The van der Waals surface area contributed by atoms with Crippen LogP contribution in [-0.2, 0) is 17.6 Å². The lowest BCUT2D eigenvalue weighted by Gasteiger charge is -2.04. The third-order valence-corrected chi connectivity index (χ3v) is 3.58. The zero-order chi connectivity index (χ0) is 15.4. The molecule has 2 heterocycles. The summed E-state index contributed by atoms with van der Waals surface area (Å²) in [5.41, 5.74) is 1.13. The molecule has 22 heavy (non-hydrogen) atoms. The average molecular weight is 301 g/mol. The second kappa shape index (κ2) is 6.60. The lowest BCUT2D eigenvalue weighted by Crippen LogP contribution is -2.26. The van der Waals surface area contributed by atoms with E-state index in [9.17, 15) is 4.79 Å². The van der Waals surface area contributed by atoms with Crippen molar-refractivity contribution in [2.24, 2.45) is 0 Å². The van der Waals surface area contributed by atoms with Gasteiger partial charge < -0.3 is 14.6 Å². The number of benzene rings is 1. The Morgan fingerprint density at radius 1 is 1.41 bits per heavy atom. The van der Waals surface area contributed by atoms with Crippen molar-refractivity contribution in [2.75, 3.05) is 6.54 Å². The maximum absolute atomic E-state index is 11.7. The van der Waals surface area contributed by atoms with Crippen molar-refractivity contribution in [3.63, 3.8) is 0 Å². The highest BCUT2D eigenvalue weighted by Gasteiger charge is 2.29. The van der Waals surface area contributed by atoms with Gasteiger partial charge in [0.1, 0.15) is 5.75 Å². The highest BCUT2D eigenvalue weighted by molar-refractivity contribution is 5.77. The Hall–Kier alpha value is -2.37. The van der Waals surface area contributed by atoms with Crippen LogP contribution in [0.2, 0.25) is 0 Å². The topological polar surface area (TPSA) is 77.2 Å². The number of rotatable bonds is 6. The third-order valence-electron chi connectivity index (χ3n) is 3.58. The van der Waals surface area contributed by atoms with Crippen LogP contribution in [0.4, 0.5) is 0 Å². The van der Waals surface area contributed by atoms with Gasteiger partial charge in [0.25, 0.3) is 5.89 Å². The number of nitrogens with zero attached hydrogens (tertiary/aromatic N) is 2. The molecule has 1 aliphatic rings. The van der Waals surface area contributed by atoms with Gasteiger partial charge in [-0.25, -0.2) is 0 Å². The Balaban J connectivity index is 1.57. The van der Waals surface area contributed by atoms with Gasteiger partial charge in [-0.3, -0.25) is 4.79 Å². The molecule has 3 rings (SSSR count). The molecule has 0 bridgehead atoms. The van der Waals surface area contributed by atoms with Crippen molar-refractivity contribution in [3.8, 4) is 5.75 Å². The molecule has 0 saturated carbocycles. The fourth-order valence-electron chi connectivity index (χ4n) is 2.40. The number of ether oxygens (including phenoxy) is 1. The van der Waals surface area contributed by atoms with E-state index < -0.39 is 0 Å². The highest BCUT2D eigenvalue weighted by Crippen LogP contribution is 2.35. The molecule has 2 aromatic rings. The zero-order valence-corrected chi connectivity index (χ0v) is 12.5. The number of para-hydroxylation sites is 1. The van der Waals surface area contributed by atoms with Crippen LogP contribution in [-0.4, -0.2) is 22.6 Å². The summed E-state index contributed by atoms with van der Waals surface area (Å²) in [7, 11) is 0. The minimum atomic E-state index is -0.262. The fourth-order valence-corrected chi connectivity index (χ4v) is 2.40. The molecule has 1 aliphatic heterocycles. The third kappa shape index (κ3) is 3.27. The molecular weight excluding hydrogens is 282 g/mol. The van der Waals surface area contributed by atoms with E-state index in [1.807, 2.05) is 24.3 Å². The lowest BCUT2D eigenvalue weighted by molar-refractivity contribution is -0.120. The SMILES string of the molecule is CCCCNC(=O)Cc1noc(C2Cc3ccccc3O2)n1. The Morgan fingerprint density at radius 3 is 3.09 bits per heavy atom. The summed E-state index contributed by atoms with van der Waals surface area (Å²) in [5, 5.41) is 6.70. The maximum Gasteiger partial charge on any atom is 0.268 e. The van der Waals surface area contributed by atoms with Crippen LogP contribution in [0.1, 0.15) is 43.1 Å². The first-order valence-electron chi connectivity index (χ1n) is 7.60. The number of unbranched alkanes of at least 4 members (excludes halogenated alkanes) is 1. The summed E-state index contributed by atoms with van der Waals surface area (Å²) in [5.74, 6) is 1.58. The summed E-state index contributed by atoms with van der Waals surface area (Å²) >= 11 is 0. The number of carbonyl (C=O) groups excluding carboxylic acids is 1. The number of nitrogens with one attached hydrogen (secondary N) is 1. The zero-order valence-electron chi connectivity index (χ0n) is 12.5. The minimum absolute atomic E-state index is 0.0866. The van der Waals surface area contributed by atoms with Crippen molar-refractivity contribution in [3.05, 3.63) is 41.5 Å². The van der Waals surface area contributed by atoms with E-state index in [-0.39, 0.29) is 18.4 Å². The smallest absolute Gasteiger partial charge is 0.268 e. The summed E-state index contributed by atoms with van der Waals surface area (Å²) in [6.07, 6.45) is 2.60. The number of hydrogen-bond acceptors (Lipinski definition) is 5. The van der Waals surface area contributed by atoms with Crippen molar-refractivity contribution < 1.29 is 14.1 Å². The fraction of sp³-hybridized carbons (Fsp3) is 0.438. The van der Waals surface area contributed by atoms with Crippen LogP contribution < -0.4 is 10.1 Å². The predicted molar refractivity (Wildman–Crippen MR) is 79.4 cm³/mol. The van der Waals surface area contributed by atoms with Gasteiger partial charge in [-0.15, -0.1) is 0 Å². The van der Waals surface area contributed by atoms with Crippen molar-refractivity contribution in [1.82, 2.24) is 15.5 Å². The van der Waals surface area contributed by atoms with E-state index in [4.69, 9.17) is 9.26 Å². The minimum Gasteiger partial charge on any atom is -0.480 e. The molecule has 1 aromatic carbocycles. The van der Waals surface area contributed by atoms with Gasteiger partial charge in [0.15, 0.2) is 11.9 Å². The largest absolute Gasteiger partial charge is 0.480 e. The monoisotopic (exact) mass is 301 g/mol. The quantitative estimate of drug-likeness (QED) is 0.828. The molecule has 0 spiro atoms. The number of amides is 1. The van der Waals surface area contributed by atoms with Crippen LogP contribution in [0.15, 0.2) is 28.8 Å². The second-order valence-electron chi connectivity index (χ2n) is 5.35. The molecule has 1 N–H and O–H groups in total. The van der Waals surface area contributed by atoms with E-state index in [0.29, 0.717) is 24.7 Å². The van der Waals surface area contributed by atoms with E-state index in [2.05, 4.69) is 22.4 Å². The van der Waals surface area contributed by atoms with Gasteiger partial charge in [0, 0.05) is 13.0 Å². The molecule has 1 unspecified atom stereocenters. The number of fused-ring (bicyclic) bond motifs is 1. The van der Waals surface area contributed by atoms with E-state index in [0.717, 1.165) is 24.2 Å². The number of carbonyl (C=O) groups is 1. The summed E-state index contributed by atoms with van der Waals surface area (Å²) < 4.78 is 11.0. The molecule has 116 valence electrons. The van der Waals surface area contributed by atoms with Gasteiger partial charge in [-0.2, -0.15) is 4.98 Å². The van der Waals surface area contributed by atoms with Crippen LogP contribution in [0.5, 0.6) is 5.75 Å². The number of aromatic nitrogens is 2. The molecule has 6 nitrogen and oxygen atoms in total. The van der Waals surface area contributed by atoms with E-state index in [1.54, 1.807) is 0 Å². The second-order valence-corrected chi connectivity index (χ2v) is 5.35. The van der Waals surface area contributed by atoms with Crippen molar-refractivity contribution in [2.45, 2.75) is 38.7 Å². The molecular formula is C16H19N3O3. The molecule has 0 saturated heterocycles. The van der Waals surface area contributed by atoms with Crippen LogP contribution in [0.3, 0.4) is 0 Å². The predicted octanol–water partition coefficient (Wildman–Crippen LogP) is 2.20.